The Morgan fingerprint density at radius 1 is 1.04 bits per heavy atom. The highest BCUT2D eigenvalue weighted by molar-refractivity contribution is 8.00. The van der Waals surface area contributed by atoms with Crippen LogP contribution in [0.3, 0.4) is 0 Å². The van der Waals surface area contributed by atoms with E-state index in [2.05, 4.69) is 10.3 Å². The number of nitrogens with one attached hydrogen (secondary N) is 2. The number of H-pyrrole nitrogens is 1. The van der Waals surface area contributed by atoms with Gasteiger partial charge in [-0.2, -0.15) is 0 Å². The second-order valence-electron chi connectivity index (χ2n) is 5.58. The molecule has 1 heterocycles. The highest BCUT2D eigenvalue weighted by atomic mass is 32.2. The number of fused-ring (bicyclic) bond motifs is 1. The van der Waals surface area contributed by atoms with Gasteiger partial charge in [0.15, 0.2) is 5.78 Å². The normalized spacial score (nSPS) is 10.7. The van der Waals surface area contributed by atoms with Crippen molar-refractivity contribution in [2.75, 3.05) is 16.8 Å². The van der Waals surface area contributed by atoms with Crippen molar-refractivity contribution in [2.45, 2.75) is 6.92 Å². The number of ketones is 1. The van der Waals surface area contributed by atoms with E-state index in [0.29, 0.717) is 5.56 Å². The second-order valence-corrected chi connectivity index (χ2v) is 6.56. The van der Waals surface area contributed by atoms with Crippen LogP contribution in [0, 0.1) is 6.92 Å². The number of para-hydroxylation sites is 1. The first-order valence-electron chi connectivity index (χ1n) is 7.67. The number of aromatic amines is 1. The fraction of sp³-hybridized carbons (Fsp3) is 0.158. The molecule has 2 aromatic carbocycles. The number of carbonyl (C=O) groups is 2. The van der Waals surface area contributed by atoms with E-state index >= 15 is 0 Å². The molecule has 3 aromatic rings. The standard InChI is InChI=1S/C19H18N2O2S/c1-13-6-8-14(9-7-13)21-19(23)12-24-11-18(22)16-10-20-17-5-3-2-4-15(16)17/h2-10,20H,11-12H2,1H3,(H,21,23). The molecule has 1 amide bonds. The van der Waals surface area contributed by atoms with Gasteiger partial charge in [0.05, 0.1) is 11.5 Å². The third-order valence-electron chi connectivity index (χ3n) is 3.69. The minimum atomic E-state index is -0.101. The zero-order chi connectivity index (χ0) is 16.9. The lowest BCUT2D eigenvalue weighted by Crippen LogP contribution is -2.15. The SMILES string of the molecule is Cc1ccc(NC(=O)CSCC(=O)c2c[nH]c3ccccc23)cc1. The minimum Gasteiger partial charge on any atom is -0.360 e. The molecule has 2 N–H and O–H groups in total. The van der Waals surface area contributed by atoms with Crippen molar-refractivity contribution in [1.29, 1.82) is 0 Å². The van der Waals surface area contributed by atoms with Crippen molar-refractivity contribution in [1.82, 2.24) is 4.98 Å². The van der Waals surface area contributed by atoms with Crippen molar-refractivity contribution in [3.8, 4) is 0 Å². The number of thioether (sulfide) groups is 1. The van der Waals surface area contributed by atoms with E-state index in [4.69, 9.17) is 0 Å². The molecule has 122 valence electrons. The van der Waals surface area contributed by atoms with Crippen molar-refractivity contribution in [2.24, 2.45) is 0 Å². The Morgan fingerprint density at radius 2 is 1.79 bits per heavy atom. The van der Waals surface area contributed by atoms with Crippen LogP contribution in [0.2, 0.25) is 0 Å². The van der Waals surface area contributed by atoms with Gasteiger partial charge in [0.1, 0.15) is 0 Å². The molecule has 1 aromatic heterocycles. The molecule has 0 saturated carbocycles. The van der Waals surface area contributed by atoms with Crippen LogP contribution < -0.4 is 5.32 Å². The van der Waals surface area contributed by atoms with E-state index in [9.17, 15) is 9.59 Å². The molecule has 0 saturated heterocycles. The molecule has 0 spiro atoms. The van der Waals surface area contributed by atoms with Gasteiger partial charge in [-0.25, -0.2) is 0 Å². The Labute approximate surface area is 144 Å². The van der Waals surface area contributed by atoms with Gasteiger partial charge in [-0.1, -0.05) is 35.9 Å². The maximum absolute atomic E-state index is 12.3. The van der Waals surface area contributed by atoms with Crippen LogP contribution in [-0.2, 0) is 4.79 Å². The summed E-state index contributed by atoms with van der Waals surface area (Å²) in [5, 5.41) is 3.75. The zero-order valence-electron chi connectivity index (χ0n) is 13.3. The summed E-state index contributed by atoms with van der Waals surface area (Å²) < 4.78 is 0. The molecule has 5 heteroatoms. The lowest BCUT2D eigenvalue weighted by molar-refractivity contribution is -0.113. The van der Waals surface area contributed by atoms with Gasteiger partial charge in [0.2, 0.25) is 5.91 Å². The van der Waals surface area contributed by atoms with Crippen LogP contribution in [0.5, 0.6) is 0 Å². The topological polar surface area (TPSA) is 62.0 Å². The van der Waals surface area contributed by atoms with Crippen molar-refractivity contribution in [3.05, 3.63) is 65.9 Å². The van der Waals surface area contributed by atoms with Crippen molar-refractivity contribution < 1.29 is 9.59 Å². The molecule has 0 radical (unpaired) electrons. The molecule has 0 atom stereocenters. The second kappa shape index (κ2) is 7.36. The van der Waals surface area contributed by atoms with Gasteiger partial charge in [-0.3, -0.25) is 9.59 Å². The molecule has 24 heavy (non-hydrogen) atoms. The van der Waals surface area contributed by atoms with Gasteiger partial charge < -0.3 is 10.3 Å². The Morgan fingerprint density at radius 3 is 2.58 bits per heavy atom. The quantitative estimate of drug-likeness (QED) is 0.667. The summed E-state index contributed by atoms with van der Waals surface area (Å²) in [6, 6.07) is 15.3. The smallest absolute Gasteiger partial charge is 0.234 e. The van der Waals surface area contributed by atoms with E-state index in [1.54, 1.807) is 6.20 Å². The third kappa shape index (κ3) is 3.86. The average Bonchev–Trinajstić information content (AvgIpc) is 3.01. The number of hydrogen-bond acceptors (Lipinski definition) is 3. The van der Waals surface area contributed by atoms with E-state index in [-0.39, 0.29) is 23.2 Å². The van der Waals surface area contributed by atoms with Gasteiger partial charge in [0, 0.05) is 28.4 Å². The third-order valence-corrected chi connectivity index (χ3v) is 4.62. The Balaban J connectivity index is 1.51. The Kier molecular flexibility index (Phi) is 5.01. The fourth-order valence-corrected chi connectivity index (χ4v) is 3.15. The zero-order valence-corrected chi connectivity index (χ0v) is 14.2. The summed E-state index contributed by atoms with van der Waals surface area (Å²) in [5.74, 6) is 0.460. The summed E-state index contributed by atoms with van der Waals surface area (Å²) in [6.45, 7) is 2.00. The molecule has 0 aliphatic rings. The van der Waals surface area contributed by atoms with Crippen LogP contribution in [0.4, 0.5) is 5.69 Å². The molecule has 0 bridgehead atoms. The van der Waals surface area contributed by atoms with E-state index in [0.717, 1.165) is 22.2 Å². The van der Waals surface area contributed by atoms with Crippen LogP contribution in [-0.4, -0.2) is 28.2 Å². The van der Waals surface area contributed by atoms with Crippen LogP contribution >= 0.6 is 11.8 Å². The molecule has 0 aliphatic carbocycles. The predicted octanol–water partition coefficient (Wildman–Crippen LogP) is 4.03. The number of aryl methyl sites for hydroxylation is 1. The van der Waals surface area contributed by atoms with Crippen LogP contribution in [0.25, 0.3) is 10.9 Å². The summed E-state index contributed by atoms with van der Waals surface area (Å²) in [5.41, 5.74) is 3.54. The molecule has 0 fully saturated rings. The minimum absolute atomic E-state index is 0.0283. The lowest BCUT2D eigenvalue weighted by atomic mass is 10.1. The highest BCUT2D eigenvalue weighted by Gasteiger charge is 2.12. The van der Waals surface area contributed by atoms with E-state index in [1.807, 2.05) is 55.5 Å². The molecule has 0 unspecified atom stereocenters. The van der Waals surface area contributed by atoms with Crippen molar-refractivity contribution >= 4 is 40.0 Å². The molecule has 0 aliphatic heterocycles. The Hall–Kier alpha value is -2.53. The monoisotopic (exact) mass is 338 g/mol. The average molecular weight is 338 g/mol. The summed E-state index contributed by atoms with van der Waals surface area (Å²) >= 11 is 1.32. The van der Waals surface area contributed by atoms with E-state index in [1.165, 1.54) is 11.8 Å². The molecular formula is C19H18N2O2S. The number of carbonyl (C=O) groups excluding carboxylic acids is 2. The summed E-state index contributed by atoms with van der Waals surface area (Å²) in [6.07, 6.45) is 1.74. The Bertz CT molecular complexity index is 868. The number of amides is 1. The lowest BCUT2D eigenvalue weighted by Gasteiger charge is -2.05. The highest BCUT2D eigenvalue weighted by Crippen LogP contribution is 2.19. The molecule has 4 nitrogen and oxygen atoms in total. The molecule has 3 rings (SSSR count). The predicted molar refractivity (Wildman–Crippen MR) is 99.8 cm³/mol. The number of rotatable bonds is 6. The summed E-state index contributed by atoms with van der Waals surface area (Å²) in [4.78, 5) is 27.3. The maximum atomic E-state index is 12.3. The number of anilines is 1. The first kappa shape index (κ1) is 16.3. The maximum Gasteiger partial charge on any atom is 0.234 e. The number of Topliss-reactive ketones (excluding diaryl/α,β-unsaturated/α-hetero) is 1. The number of hydrogen-bond donors (Lipinski definition) is 2. The number of benzene rings is 2. The number of aromatic nitrogens is 1. The first-order valence-corrected chi connectivity index (χ1v) is 8.82. The fourth-order valence-electron chi connectivity index (χ4n) is 2.45. The van der Waals surface area contributed by atoms with Crippen molar-refractivity contribution in [3.63, 3.8) is 0 Å². The largest absolute Gasteiger partial charge is 0.360 e. The van der Waals surface area contributed by atoms with Gasteiger partial charge in [-0.15, -0.1) is 11.8 Å². The summed E-state index contributed by atoms with van der Waals surface area (Å²) in [7, 11) is 0. The van der Waals surface area contributed by atoms with Gasteiger partial charge in [0.25, 0.3) is 0 Å². The van der Waals surface area contributed by atoms with E-state index < -0.39 is 0 Å². The molecular weight excluding hydrogens is 320 g/mol. The van der Waals surface area contributed by atoms with Gasteiger partial charge >= 0.3 is 0 Å². The van der Waals surface area contributed by atoms with Crippen LogP contribution in [0.15, 0.2) is 54.7 Å². The van der Waals surface area contributed by atoms with Gasteiger partial charge in [-0.05, 0) is 25.1 Å². The van der Waals surface area contributed by atoms with Crippen LogP contribution in [0.1, 0.15) is 15.9 Å². The first-order chi connectivity index (χ1) is 11.6.